The number of amides is 1. The summed E-state index contributed by atoms with van der Waals surface area (Å²) in [7, 11) is 0. The largest absolute Gasteiger partial charge is 0.298 e. The quantitative estimate of drug-likeness (QED) is 0.551. The molecule has 0 spiro atoms. The fourth-order valence-corrected chi connectivity index (χ4v) is 2.39. The van der Waals surface area contributed by atoms with Gasteiger partial charge < -0.3 is 0 Å². The predicted octanol–water partition coefficient (Wildman–Crippen LogP) is 3.65. The van der Waals surface area contributed by atoms with Crippen LogP contribution >= 0.6 is 0 Å². The van der Waals surface area contributed by atoms with Crippen molar-refractivity contribution >= 4 is 28.1 Å². The van der Waals surface area contributed by atoms with Gasteiger partial charge in [-0.25, -0.2) is 0 Å². The second-order valence-electron chi connectivity index (χ2n) is 5.42. The zero-order valence-corrected chi connectivity index (χ0v) is 13.2. The molecule has 0 bridgehead atoms. The van der Waals surface area contributed by atoms with Crippen molar-refractivity contribution in [3.63, 3.8) is 0 Å². The average Bonchev–Trinajstić information content (AvgIpc) is 2.65. The zero-order valence-electron chi connectivity index (χ0n) is 13.2. The molecule has 2 N–H and O–H groups in total. The molecular formula is C19H15N3O3. The van der Waals surface area contributed by atoms with Gasteiger partial charge in [0.1, 0.15) is 0 Å². The van der Waals surface area contributed by atoms with Crippen LogP contribution in [0.4, 0.5) is 5.69 Å². The van der Waals surface area contributed by atoms with Gasteiger partial charge in [-0.2, -0.15) is 0 Å². The molecule has 0 atom stereocenters. The van der Waals surface area contributed by atoms with Crippen LogP contribution in [-0.4, -0.2) is 10.8 Å². The van der Waals surface area contributed by atoms with Crippen LogP contribution in [0.1, 0.15) is 15.9 Å². The van der Waals surface area contributed by atoms with Crippen molar-refractivity contribution in [2.75, 3.05) is 0 Å². The Labute approximate surface area is 143 Å². The number of fused-ring (bicyclic) bond motifs is 1. The predicted molar refractivity (Wildman–Crippen MR) is 96.7 cm³/mol. The normalized spacial score (nSPS) is 10.2. The standard InChI is InChI=1S/C19H15N3O3/c1-13(16-7-6-14-4-2-3-5-17(14)12-16)20-21-19(23)15-8-10-18(11-9-15)22(24)25/h2-12,20H,1H2,(H,21,23). The second-order valence-corrected chi connectivity index (χ2v) is 5.42. The van der Waals surface area contributed by atoms with Crippen molar-refractivity contribution in [2.24, 2.45) is 0 Å². The number of nitrogens with one attached hydrogen (secondary N) is 2. The maximum absolute atomic E-state index is 12.1. The average molecular weight is 333 g/mol. The Kier molecular flexibility index (Phi) is 4.43. The molecule has 0 aromatic heterocycles. The Morgan fingerprint density at radius 2 is 1.52 bits per heavy atom. The van der Waals surface area contributed by atoms with Gasteiger partial charge in [-0.15, -0.1) is 0 Å². The van der Waals surface area contributed by atoms with Crippen molar-refractivity contribution in [1.29, 1.82) is 0 Å². The fraction of sp³-hybridized carbons (Fsp3) is 0. The molecule has 6 nitrogen and oxygen atoms in total. The minimum Gasteiger partial charge on any atom is -0.298 e. The molecule has 0 aliphatic rings. The first kappa shape index (κ1) is 16.2. The van der Waals surface area contributed by atoms with Crippen LogP contribution < -0.4 is 10.9 Å². The van der Waals surface area contributed by atoms with Gasteiger partial charge in [0.15, 0.2) is 0 Å². The van der Waals surface area contributed by atoms with E-state index in [9.17, 15) is 14.9 Å². The van der Waals surface area contributed by atoms with E-state index in [4.69, 9.17) is 0 Å². The molecule has 124 valence electrons. The third kappa shape index (κ3) is 3.64. The van der Waals surface area contributed by atoms with Gasteiger partial charge in [0.05, 0.1) is 10.6 Å². The third-order valence-electron chi connectivity index (χ3n) is 3.77. The van der Waals surface area contributed by atoms with Crippen molar-refractivity contribution in [3.8, 4) is 0 Å². The maximum atomic E-state index is 12.1. The van der Waals surface area contributed by atoms with E-state index >= 15 is 0 Å². The molecule has 0 aliphatic heterocycles. The number of nitro benzene ring substituents is 1. The van der Waals surface area contributed by atoms with Gasteiger partial charge in [-0.3, -0.25) is 25.8 Å². The highest BCUT2D eigenvalue weighted by atomic mass is 16.6. The zero-order chi connectivity index (χ0) is 17.8. The number of nitrogens with zero attached hydrogens (tertiary/aromatic N) is 1. The van der Waals surface area contributed by atoms with Crippen molar-refractivity contribution in [3.05, 3.63) is 94.6 Å². The number of hydrazine groups is 1. The SMILES string of the molecule is C=C(NNC(=O)c1ccc([N+](=O)[O-])cc1)c1ccc2ccccc2c1. The summed E-state index contributed by atoms with van der Waals surface area (Å²) in [6, 6.07) is 19.2. The summed E-state index contributed by atoms with van der Waals surface area (Å²) in [5, 5.41) is 12.8. The van der Waals surface area contributed by atoms with Gasteiger partial charge in [-0.05, 0) is 34.5 Å². The molecule has 0 fully saturated rings. The van der Waals surface area contributed by atoms with E-state index in [1.165, 1.54) is 24.3 Å². The lowest BCUT2D eigenvalue weighted by Gasteiger charge is -2.12. The number of nitro groups is 1. The third-order valence-corrected chi connectivity index (χ3v) is 3.77. The fourth-order valence-electron chi connectivity index (χ4n) is 2.39. The Balaban J connectivity index is 1.66. The van der Waals surface area contributed by atoms with Gasteiger partial charge in [0.25, 0.3) is 11.6 Å². The van der Waals surface area contributed by atoms with E-state index in [0.29, 0.717) is 11.3 Å². The molecule has 0 unspecified atom stereocenters. The highest BCUT2D eigenvalue weighted by Gasteiger charge is 2.09. The van der Waals surface area contributed by atoms with Gasteiger partial charge >= 0.3 is 0 Å². The lowest BCUT2D eigenvalue weighted by Crippen LogP contribution is -2.35. The first-order valence-corrected chi connectivity index (χ1v) is 7.53. The summed E-state index contributed by atoms with van der Waals surface area (Å²) < 4.78 is 0. The van der Waals surface area contributed by atoms with Gasteiger partial charge in [0.2, 0.25) is 0 Å². The van der Waals surface area contributed by atoms with E-state index in [2.05, 4.69) is 17.4 Å². The summed E-state index contributed by atoms with van der Waals surface area (Å²) >= 11 is 0. The van der Waals surface area contributed by atoms with Crippen LogP contribution in [0.15, 0.2) is 73.3 Å². The summed E-state index contributed by atoms with van der Waals surface area (Å²) in [6.45, 7) is 3.92. The van der Waals surface area contributed by atoms with Crippen molar-refractivity contribution in [1.82, 2.24) is 10.9 Å². The highest BCUT2D eigenvalue weighted by Crippen LogP contribution is 2.18. The van der Waals surface area contributed by atoms with Crippen LogP contribution in [0.25, 0.3) is 16.5 Å². The first-order valence-electron chi connectivity index (χ1n) is 7.53. The minimum atomic E-state index is -0.512. The lowest BCUT2D eigenvalue weighted by atomic mass is 10.1. The number of benzene rings is 3. The molecule has 3 rings (SSSR count). The monoisotopic (exact) mass is 333 g/mol. The van der Waals surface area contributed by atoms with Crippen molar-refractivity contribution in [2.45, 2.75) is 0 Å². The van der Waals surface area contributed by atoms with E-state index in [0.717, 1.165) is 16.3 Å². The van der Waals surface area contributed by atoms with E-state index < -0.39 is 10.8 Å². The van der Waals surface area contributed by atoms with Crippen LogP contribution in [0.5, 0.6) is 0 Å². The van der Waals surface area contributed by atoms with Crippen LogP contribution in [0.3, 0.4) is 0 Å². The second kappa shape index (κ2) is 6.84. The molecule has 0 saturated carbocycles. The van der Waals surface area contributed by atoms with Crippen LogP contribution in [-0.2, 0) is 0 Å². The van der Waals surface area contributed by atoms with Crippen LogP contribution in [0, 0.1) is 10.1 Å². The molecule has 1 amide bonds. The number of carbonyl (C=O) groups excluding carboxylic acids is 1. The van der Waals surface area contributed by atoms with E-state index in [1.807, 2.05) is 42.5 Å². The molecule has 0 heterocycles. The molecule has 25 heavy (non-hydrogen) atoms. The number of rotatable bonds is 5. The molecule has 3 aromatic carbocycles. The molecular weight excluding hydrogens is 318 g/mol. The Hall–Kier alpha value is -3.67. The van der Waals surface area contributed by atoms with E-state index in [1.54, 1.807) is 0 Å². The molecule has 0 radical (unpaired) electrons. The summed E-state index contributed by atoms with van der Waals surface area (Å²) in [5.41, 5.74) is 6.94. The number of hydrogen-bond donors (Lipinski definition) is 2. The highest BCUT2D eigenvalue weighted by molar-refractivity contribution is 5.94. The summed E-state index contributed by atoms with van der Waals surface area (Å²) in [5.74, 6) is -0.406. The topological polar surface area (TPSA) is 84.3 Å². The minimum absolute atomic E-state index is 0.0647. The smallest absolute Gasteiger partial charge is 0.269 e. The maximum Gasteiger partial charge on any atom is 0.269 e. The molecule has 3 aromatic rings. The number of non-ortho nitro benzene ring substituents is 1. The lowest BCUT2D eigenvalue weighted by molar-refractivity contribution is -0.384. The van der Waals surface area contributed by atoms with E-state index in [-0.39, 0.29) is 5.69 Å². The van der Waals surface area contributed by atoms with Gasteiger partial charge in [-0.1, -0.05) is 43.0 Å². The first-order chi connectivity index (χ1) is 12.0. The Morgan fingerprint density at radius 3 is 2.20 bits per heavy atom. The Morgan fingerprint density at radius 1 is 0.880 bits per heavy atom. The molecule has 0 aliphatic carbocycles. The molecule has 6 heteroatoms. The van der Waals surface area contributed by atoms with Crippen LogP contribution in [0.2, 0.25) is 0 Å². The number of carbonyl (C=O) groups is 1. The Bertz CT molecular complexity index is 965. The summed E-state index contributed by atoms with van der Waals surface area (Å²) in [6.07, 6.45) is 0. The van der Waals surface area contributed by atoms with Gasteiger partial charge in [0, 0.05) is 17.7 Å². The number of hydrogen-bond acceptors (Lipinski definition) is 4. The summed E-state index contributed by atoms with van der Waals surface area (Å²) in [4.78, 5) is 22.2. The molecule has 0 saturated heterocycles. The van der Waals surface area contributed by atoms with Crippen molar-refractivity contribution < 1.29 is 9.72 Å².